The first-order valence-electron chi connectivity index (χ1n) is 9.16. The number of ether oxygens (including phenoxy) is 2. The summed E-state index contributed by atoms with van der Waals surface area (Å²) in [5, 5.41) is 2.61. The van der Waals surface area contributed by atoms with Crippen molar-refractivity contribution in [2.75, 3.05) is 13.2 Å². The van der Waals surface area contributed by atoms with E-state index in [4.69, 9.17) is 9.47 Å². The fourth-order valence-electron chi connectivity index (χ4n) is 2.29. The minimum Gasteiger partial charge on any atom is -0.464 e. The number of hydrogen-bond acceptors (Lipinski definition) is 4. The van der Waals surface area contributed by atoms with Crippen molar-refractivity contribution in [3.8, 4) is 0 Å². The number of carbonyl (C=O) groups excluding carboxylic acids is 2. The van der Waals surface area contributed by atoms with Crippen LogP contribution in [0.3, 0.4) is 0 Å². The fraction of sp³-hybridized carbons (Fsp3) is 0.889. The van der Waals surface area contributed by atoms with Crippen LogP contribution in [0.4, 0.5) is 4.79 Å². The molecule has 5 nitrogen and oxygen atoms in total. The number of alkyl carbamates (subject to hydrolysis) is 1. The van der Waals surface area contributed by atoms with Gasteiger partial charge in [-0.2, -0.15) is 0 Å². The van der Waals surface area contributed by atoms with Gasteiger partial charge < -0.3 is 14.8 Å². The van der Waals surface area contributed by atoms with E-state index in [1.807, 2.05) is 13.8 Å². The molecule has 0 aromatic heterocycles. The summed E-state index contributed by atoms with van der Waals surface area (Å²) in [7, 11) is 0. The summed E-state index contributed by atoms with van der Waals surface area (Å²) in [6.07, 6.45) is 8.45. The van der Waals surface area contributed by atoms with Crippen LogP contribution in [0.1, 0.15) is 79.1 Å². The molecule has 23 heavy (non-hydrogen) atoms. The number of carbonyl (C=O) groups is 2. The van der Waals surface area contributed by atoms with E-state index in [9.17, 15) is 9.59 Å². The zero-order valence-corrected chi connectivity index (χ0v) is 15.4. The molecule has 0 bridgehead atoms. The van der Waals surface area contributed by atoms with E-state index in [0.717, 1.165) is 19.3 Å². The third-order valence-corrected chi connectivity index (χ3v) is 4.01. The first-order valence-corrected chi connectivity index (χ1v) is 9.16. The third kappa shape index (κ3) is 11.0. The lowest BCUT2D eigenvalue weighted by Crippen LogP contribution is -2.46. The standard InChI is InChI=1S/C18H35NO4/c1-5-8-9-10-11-12-13-14-23-17(20)16(15(4)6-2)19-18(21)22-7-3/h15-16H,5-14H2,1-4H3,(H,19,21). The normalized spacial score (nSPS) is 13.2. The average molecular weight is 329 g/mol. The molecule has 0 aromatic rings. The van der Waals surface area contributed by atoms with Crippen molar-refractivity contribution < 1.29 is 19.1 Å². The van der Waals surface area contributed by atoms with Gasteiger partial charge in [-0.25, -0.2) is 9.59 Å². The van der Waals surface area contributed by atoms with Gasteiger partial charge in [0.1, 0.15) is 6.04 Å². The van der Waals surface area contributed by atoms with E-state index in [0.29, 0.717) is 6.61 Å². The van der Waals surface area contributed by atoms with Gasteiger partial charge in [-0.15, -0.1) is 0 Å². The minimum atomic E-state index is -0.636. The molecule has 1 amide bonds. The second kappa shape index (κ2) is 14.3. The Morgan fingerprint density at radius 2 is 1.52 bits per heavy atom. The average Bonchev–Trinajstić information content (AvgIpc) is 2.54. The highest BCUT2D eigenvalue weighted by molar-refractivity contribution is 5.81. The molecular formula is C18H35NO4. The van der Waals surface area contributed by atoms with Crippen LogP contribution >= 0.6 is 0 Å². The van der Waals surface area contributed by atoms with Crippen molar-refractivity contribution >= 4 is 12.1 Å². The maximum absolute atomic E-state index is 12.2. The summed E-state index contributed by atoms with van der Waals surface area (Å²) in [6, 6.07) is -0.636. The number of esters is 1. The fourth-order valence-corrected chi connectivity index (χ4v) is 2.29. The van der Waals surface area contributed by atoms with Crippen molar-refractivity contribution in [2.24, 2.45) is 5.92 Å². The van der Waals surface area contributed by atoms with Gasteiger partial charge in [-0.3, -0.25) is 0 Å². The smallest absolute Gasteiger partial charge is 0.407 e. The van der Waals surface area contributed by atoms with Crippen molar-refractivity contribution in [3.05, 3.63) is 0 Å². The Morgan fingerprint density at radius 3 is 2.09 bits per heavy atom. The minimum absolute atomic E-state index is 0.0148. The lowest BCUT2D eigenvalue weighted by molar-refractivity contribution is -0.147. The van der Waals surface area contributed by atoms with Crippen LogP contribution < -0.4 is 5.32 Å². The molecule has 0 rings (SSSR count). The highest BCUT2D eigenvalue weighted by atomic mass is 16.6. The van der Waals surface area contributed by atoms with Gasteiger partial charge in [0.05, 0.1) is 13.2 Å². The molecule has 2 unspecified atom stereocenters. The predicted molar refractivity (Wildman–Crippen MR) is 92.4 cm³/mol. The SMILES string of the molecule is CCCCCCCCCOC(=O)C(NC(=O)OCC)C(C)CC. The Labute approximate surface area is 141 Å². The summed E-state index contributed by atoms with van der Waals surface area (Å²) in [5.41, 5.74) is 0. The number of nitrogens with one attached hydrogen (secondary N) is 1. The molecule has 2 atom stereocenters. The van der Waals surface area contributed by atoms with Crippen molar-refractivity contribution in [1.29, 1.82) is 0 Å². The second-order valence-electron chi connectivity index (χ2n) is 6.02. The zero-order valence-electron chi connectivity index (χ0n) is 15.4. The maximum Gasteiger partial charge on any atom is 0.407 e. The van der Waals surface area contributed by atoms with E-state index in [1.54, 1.807) is 6.92 Å². The highest BCUT2D eigenvalue weighted by Gasteiger charge is 2.27. The first-order chi connectivity index (χ1) is 11.1. The topological polar surface area (TPSA) is 64.6 Å². The molecule has 0 aliphatic heterocycles. The molecule has 0 aromatic carbocycles. The molecule has 136 valence electrons. The lowest BCUT2D eigenvalue weighted by Gasteiger charge is -2.22. The zero-order chi connectivity index (χ0) is 17.5. The largest absolute Gasteiger partial charge is 0.464 e. The van der Waals surface area contributed by atoms with E-state index < -0.39 is 12.1 Å². The van der Waals surface area contributed by atoms with Crippen LogP contribution in [0, 0.1) is 5.92 Å². The summed E-state index contributed by atoms with van der Waals surface area (Å²) < 4.78 is 10.2. The first kappa shape index (κ1) is 21.7. The van der Waals surface area contributed by atoms with Gasteiger partial charge >= 0.3 is 12.1 Å². The molecule has 0 spiro atoms. The molecule has 0 radical (unpaired) electrons. The van der Waals surface area contributed by atoms with Crippen LogP contribution in [-0.2, 0) is 14.3 Å². The van der Waals surface area contributed by atoms with Gasteiger partial charge in [-0.05, 0) is 19.3 Å². The summed E-state index contributed by atoms with van der Waals surface area (Å²) >= 11 is 0. The Balaban J connectivity index is 4.02. The Hall–Kier alpha value is -1.26. The molecule has 0 saturated heterocycles. The van der Waals surface area contributed by atoms with Crippen LogP contribution in [0.25, 0.3) is 0 Å². The Morgan fingerprint density at radius 1 is 0.913 bits per heavy atom. The monoisotopic (exact) mass is 329 g/mol. The Bertz CT molecular complexity index is 320. The van der Waals surface area contributed by atoms with E-state index in [2.05, 4.69) is 12.2 Å². The van der Waals surface area contributed by atoms with Crippen LogP contribution in [-0.4, -0.2) is 31.3 Å². The molecule has 0 saturated carbocycles. The number of rotatable bonds is 13. The predicted octanol–water partition coefficient (Wildman–Crippen LogP) is 4.44. The lowest BCUT2D eigenvalue weighted by atomic mass is 9.99. The summed E-state index contributed by atoms with van der Waals surface area (Å²) in [4.78, 5) is 23.7. The number of unbranched alkanes of at least 4 members (excludes halogenated alkanes) is 6. The van der Waals surface area contributed by atoms with E-state index in [-0.39, 0.29) is 18.5 Å². The van der Waals surface area contributed by atoms with Crippen LogP contribution in [0.5, 0.6) is 0 Å². The van der Waals surface area contributed by atoms with Crippen molar-refractivity contribution in [1.82, 2.24) is 5.32 Å². The second-order valence-corrected chi connectivity index (χ2v) is 6.02. The molecule has 0 aliphatic rings. The molecule has 0 heterocycles. The highest BCUT2D eigenvalue weighted by Crippen LogP contribution is 2.11. The third-order valence-electron chi connectivity index (χ3n) is 4.01. The van der Waals surface area contributed by atoms with E-state index in [1.165, 1.54) is 32.1 Å². The van der Waals surface area contributed by atoms with Gasteiger partial charge in [0.2, 0.25) is 0 Å². The molecule has 5 heteroatoms. The van der Waals surface area contributed by atoms with E-state index >= 15 is 0 Å². The maximum atomic E-state index is 12.2. The van der Waals surface area contributed by atoms with Crippen molar-refractivity contribution in [2.45, 2.75) is 85.1 Å². The quantitative estimate of drug-likeness (QED) is 0.401. The summed E-state index contributed by atoms with van der Waals surface area (Å²) in [5.74, 6) is -0.348. The van der Waals surface area contributed by atoms with Gasteiger partial charge in [-0.1, -0.05) is 65.7 Å². The molecule has 1 N–H and O–H groups in total. The Kier molecular flexibility index (Phi) is 13.6. The van der Waals surface area contributed by atoms with Gasteiger partial charge in [0.25, 0.3) is 0 Å². The molecule has 0 aliphatic carbocycles. The molecule has 0 fully saturated rings. The van der Waals surface area contributed by atoms with Crippen molar-refractivity contribution in [3.63, 3.8) is 0 Å². The van der Waals surface area contributed by atoms with Crippen LogP contribution in [0.15, 0.2) is 0 Å². The van der Waals surface area contributed by atoms with Gasteiger partial charge in [0.15, 0.2) is 0 Å². The molecular weight excluding hydrogens is 294 g/mol. The van der Waals surface area contributed by atoms with Gasteiger partial charge in [0, 0.05) is 0 Å². The number of amides is 1. The number of hydrogen-bond donors (Lipinski definition) is 1. The summed E-state index contributed by atoms with van der Waals surface area (Å²) in [6.45, 7) is 8.55. The van der Waals surface area contributed by atoms with Crippen LogP contribution in [0.2, 0.25) is 0 Å².